The molecule has 0 saturated carbocycles. The zero-order chi connectivity index (χ0) is 17.1. The summed E-state index contributed by atoms with van der Waals surface area (Å²) >= 11 is 0. The summed E-state index contributed by atoms with van der Waals surface area (Å²) in [4.78, 5) is 22.3. The van der Waals surface area contributed by atoms with Crippen LogP contribution in [0.4, 0.5) is 5.69 Å². The van der Waals surface area contributed by atoms with E-state index in [2.05, 4.69) is 31.6 Å². The molecule has 1 aromatic heterocycles. The van der Waals surface area contributed by atoms with Gasteiger partial charge in [-0.3, -0.25) is 9.69 Å². The third-order valence-electron chi connectivity index (χ3n) is 5.19. The Morgan fingerprint density at radius 2 is 2.36 bits per heavy atom. The molecule has 0 spiro atoms. The summed E-state index contributed by atoms with van der Waals surface area (Å²) in [5, 5.41) is 6.54. The van der Waals surface area contributed by atoms with Crippen LogP contribution in [0.5, 0.6) is 0 Å². The largest absolute Gasteiger partial charge is 0.384 e. The number of aromatic nitrogens is 2. The lowest BCUT2D eigenvalue weighted by Gasteiger charge is -2.21. The molecule has 4 rings (SSSR count). The maximum Gasteiger partial charge on any atom is 0.253 e. The standard InChI is InChI=1S/C19H25N5O/c25-19(17-5-1-3-15-4-2-7-21-18(15)17)22-9-14-6-8-24(11-14)12-16-10-20-13-23-16/h1,3,5,10,13-14,21H,2,4,6-9,11-12H2,(H,20,23)(H,22,25). The first-order valence-corrected chi connectivity index (χ1v) is 9.13. The van der Waals surface area contributed by atoms with Crippen molar-refractivity contribution in [3.05, 3.63) is 47.5 Å². The van der Waals surface area contributed by atoms with E-state index in [0.29, 0.717) is 5.92 Å². The minimum atomic E-state index is 0.0401. The second-order valence-electron chi connectivity index (χ2n) is 7.05. The zero-order valence-corrected chi connectivity index (χ0v) is 14.4. The first kappa shape index (κ1) is 16.1. The summed E-state index contributed by atoms with van der Waals surface area (Å²) < 4.78 is 0. The molecule has 0 bridgehead atoms. The van der Waals surface area contributed by atoms with Gasteiger partial charge >= 0.3 is 0 Å². The van der Waals surface area contributed by atoms with Crippen molar-refractivity contribution in [1.29, 1.82) is 0 Å². The van der Waals surface area contributed by atoms with Gasteiger partial charge in [0.15, 0.2) is 0 Å². The van der Waals surface area contributed by atoms with Gasteiger partial charge in [0.1, 0.15) is 0 Å². The Morgan fingerprint density at radius 3 is 3.24 bits per heavy atom. The van der Waals surface area contributed by atoms with Gasteiger partial charge in [0.25, 0.3) is 5.91 Å². The van der Waals surface area contributed by atoms with Gasteiger partial charge in [-0.2, -0.15) is 0 Å². The summed E-state index contributed by atoms with van der Waals surface area (Å²) in [6.45, 7) is 4.68. The van der Waals surface area contributed by atoms with Gasteiger partial charge in [-0.15, -0.1) is 0 Å². The Morgan fingerprint density at radius 1 is 1.40 bits per heavy atom. The minimum Gasteiger partial charge on any atom is -0.384 e. The van der Waals surface area contributed by atoms with Gasteiger partial charge in [0.05, 0.1) is 17.6 Å². The van der Waals surface area contributed by atoms with E-state index in [4.69, 9.17) is 0 Å². The highest BCUT2D eigenvalue weighted by atomic mass is 16.1. The molecule has 25 heavy (non-hydrogen) atoms. The molecule has 6 heteroatoms. The second-order valence-corrected chi connectivity index (χ2v) is 7.05. The number of carbonyl (C=O) groups is 1. The fourth-order valence-corrected chi connectivity index (χ4v) is 3.87. The fraction of sp³-hybridized carbons (Fsp3) is 0.474. The van der Waals surface area contributed by atoms with E-state index in [1.165, 1.54) is 5.56 Å². The van der Waals surface area contributed by atoms with E-state index in [1.54, 1.807) is 6.33 Å². The number of hydrogen-bond acceptors (Lipinski definition) is 4. The number of likely N-dealkylation sites (tertiary alicyclic amines) is 1. The SMILES string of the molecule is O=C(NCC1CCN(Cc2cnc[nH]2)C1)c1cccc2c1NCCC2. The molecule has 0 aliphatic carbocycles. The van der Waals surface area contributed by atoms with Crippen LogP contribution in [-0.2, 0) is 13.0 Å². The molecule has 3 N–H and O–H groups in total. The Hall–Kier alpha value is -2.34. The van der Waals surface area contributed by atoms with Crippen LogP contribution in [0.1, 0.15) is 34.5 Å². The molecule has 1 amide bonds. The van der Waals surface area contributed by atoms with Crippen LogP contribution in [0.15, 0.2) is 30.7 Å². The van der Waals surface area contributed by atoms with Gasteiger partial charge in [-0.25, -0.2) is 4.98 Å². The average molecular weight is 339 g/mol. The highest BCUT2D eigenvalue weighted by molar-refractivity contribution is 6.00. The van der Waals surface area contributed by atoms with Crippen LogP contribution >= 0.6 is 0 Å². The molecule has 3 heterocycles. The lowest BCUT2D eigenvalue weighted by atomic mass is 9.99. The van der Waals surface area contributed by atoms with E-state index < -0.39 is 0 Å². The van der Waals surface area contributed by atoms with E-state index in [9.17, 15) is 4.79 Å². The molecule has 2 aliphatic rings. The van der Waals surface area contributed by atoms with Gasteiger partial charge in [0, 0.05) is 38.1 Å². The molecule has 1 fully saturated rings. The zero-order valence-electron chi connectivity index (χ0n) is 14.4. The molecule has 132 valence electrons. The molecule has 6 nitrogen and oxygen atoms in total. The number of nitrogens with zero attached hydrogens (tertiary/aromatic N) is 2. The highest BCUT2D eigenvalue weighted by Crippen LogP contribution is 2.26. The predicted octanol–water partition coefficient (Wildman–Crippen LogP) is 2.02. The normalized spacial score (nSPS) is 20.1. The molecule has 2 aromatic rings. The monoisotopic (exact) mass is 339 g/mol. The van der Waals surface area contributed by atoms with Crippen molar-refractivity contribution in [1.82, 2.24) is 20.2 Å². The Balaban J connectivity index is 1.31. The lowest BCUT2D eigenvalue weighted by molar-refractivity contribution is 0.0948. The molecule has 2 aliphatic heterocycles. The number of amides is 1. The van der Waals surface area contributed by atoms with E-state index >= 15 is 0 Å². The Bertz CT molecular complexity index is 727. The number of para-hydroxylation sites is 1. The number of imidazole rings is 1. The van der Waals surface area contributed by atoms with Crippen LogP contribution in [0.2, 0.25) is 0 Å². The number of hydrogen-bond donors (Lipinski definition) is 3. The maximum atomic E-state index is 12.6. The Kier molecular flexibility index (Phi) is 4.70. The summed E-state index contributed by atoms with van der Waals surface area (Å²) in [5.41, 5.74) is 4.21. The van der Waals surface area contributed by atoms with Crippen molar-refractivity contribution in [3.8, 4) is 0 Å². The average Bonchev–Trinajstić information content (AvgIpc) is 3.31. The fourth-order valence-electron chi connectivity index (χ4n) is 3.87. The number of aryl methyl sites for hydroxylation is 1. The number of H-pyrrole nitrogens is 1. The summed E-state index contributed by atoms with van der Waals surface area (Å²) in [6.07, 6.45) is 6.90. The Labute approximate surface area is 148 Å². The highest BCUT2D eigenvalue weighted by Gasteiger charge is 2.24. The van der Waals surface area contributed by atoms with Crippen molar-refractivity contribution in [2.75, 3.05) is 31.5 Å². The number of rotatable bonds is 5. The molecule has 1 atom stereocenters. The van der Waals surface area contributed by atoms with Crippen molar-refractivity contribution < 1.29 is 4.79 Å². The van der Waals surface area contributed by atoms with Crippen molar-refractivity contribution >= 4 is 11.6 Å². The molecule has 1 aromatic carbocycles. The number of fused-ring (bicyclic) bond motifs is 1. The molecular weight excluding hydrogens is 314 g/mol. The predicted molar refractivity (Wildman–Crippen MR) is 97.6 cm³/mol. The number of anilines is 1. The van der Waals surface area contributed by atoms with Crippen LogP contribution < -0.4 is 10.6 Å². The molecule has 1 saturated heterocycles. The van der Waals surface area contributed by atoms with Gasteiger partial charge in [0.2, 0.25) is 0 Å². The van der Waals surface area contributed by atoms with Crippen molar-refractivity contribution in [2.24, 2.45) is 5.92 Å². The molecule has 0 radical (unpaired) electrons. The van der Waals surface area contributed by atoms with E-state index in [0.717, 1.165) is 68.9 Å². The van der Waals surface area contributed by atoms with E-state index in [-0.39, 0.29) is 5.91 Å². The number of aromatic amines is 1. The smallest absolute Gasteiger partial charge is 0.253 e. The second kappa shape index (κ2) is 7.27. The number of nitrogens with one attached hydrogen (secondary N) is 3. The van der Waals surface area contributed by atoms with Crippen molar-refractivity contribution in [3.63, 3.8) is 0 Å². The third kappa shape index (κ3) is 3.69. The number of carbonyl (C=O) groups excluding carboxylic acids is 1. The van der Waals surface area contributed by atoms with Gasteiger partial charge in [-0.1, -0.05) is 12.1 Å². The molecular formula is C19H25N5O. The first-order chi connectivity index (χ1) is 12.3. The van der Waals surface area contributed by atoms with Crippen LogP contribution in [0, 0.1) is 5.92 Å². The third-order valence-corrected chi connectivity index (χ3v) is 5.19. The van der Waals surface area contributed by atoms with E-state index in [1.807, 2.05) is 18.3 Å². The van der Waals surface area contributed by atoms with Crippen LogP contribution in [0.3, 0.4) is 0 Å². The van der Waals surface area contributed by atoms with Crippen LogP contribution in [-0.4, -0.2) is 47.0 Å². The minimum absolute atomic E-state index is 0.0401. The summed E-state index contributed by atoms with van der Waals surface area (Å²) in [5.74, 6) is 0.553. The summed E-state index contributed by atoms with van der Waals surface area (Å²) in [7, 11) is 0. The topological polar surface area (TPSA) is 73.0 Å². The van der Waals surface area contributed by atoms with Gasteiger partial charge < -0.3 is 15.6 Å². The van der Waals surface area contributed by atoms with Crippen molar-refractivity contribution in [2.45, 2.75) is 25.8 Å². The number of benzene rings is 1. The molecule has 1 unspecified atom stereocenters. The summed E-state index contributed by atoms with van der Waals surface area (Å²) in [6, 6.07) is 6.02. The quantitative estimate of drug-likeness (QED) is 0.779. The maximum absolute atomic E-state index is 12.6. The van der Waals surface area contributed by atoms with Gasteiger partial charge in [-0.05, 0) is 43.4 Å². The first-order valence-electron chi connectivity index (χ1n) is 9.13. The van der Waals surface area contributed by atoms with Crippen LogP contribution in [0.25, 0.3) is 0 Å². The lowest BCUT2D eigenvalue weighted by Crippen LogP contribution is -2.32.